The maximum Gasteiger partial charge on any atom is 0.328 e. The number of esters is 2. The van der Waals surface area contributed by atoms with Crippen LogP contribution in [0.2, 0.25) is 0 Å². The van der Waals surface area contributed by atoms with Crippen LogP contribution in [-0.4, -0.2) is 64.1 Å². The van der Waals surface area contributed by atoms with E-state index < -0.39 is 23.9 Å². The molecule has 0 radical (unpaired) electrons. The summed E-state index contributed by atoms with van der Waals surface area (Å²) in [6.45, 7) is 4.15. The molecule has 1 amide bonds. The zero-order chi connectivity index (χ0) is 26.9. The average molecular weight is 511 g/mol. The molecule has 13 nitrogen and oxygen atoms in total. The number of carbonyl (C=O) groups excluding carboxylic acids is 3. The molecule has 196 valence electrons. The highest BCUT2D eigenvalue weighted by Crippen LogP contribution is 2.19. The van der Waals surface area contributed by atoms with Crippen molar-refractivity contribution in [1.82, 2.24) is 25.3 Å². The highest BCUT2D eigenvalue weighted by Gasteiger charge is 2.24. The number of carbonyl (C=O) groups is 3. The van der Waals surface area contributed by atoms with Gasteiger partial charge in [0.2, 0.25) is 5.95 Å². The molecule has 0 aliphatic rings. The molecule has 0 fully saturated rings. The number of aromatic nitrogens is 4. The summed E-state index contributed by atoms with van der Waals surface area (Å²) in [4.78, 5) is 55.4. The highest BCUT2D eigenvalue weighted by molar-refractivity contribution is 5.97. The highest BCUT2D eigenvalue weighted by atomic mass is 16.5. The van der Waals surface area contributed by atoms with E-state index in [0.717, 1.165) is 5.69 Å². The summed E-state index contributed by atoms with van der Waals surface area (Å²) in [7, 11) is 1.86. The van der Waals surface area contributed by atoms with Gasteiger partial charge in [-0.05, 0) is 44.5 Å². The van der Waals surface area contributed by atoms with E-state index in [1.54, 1.807) is 44.3 Å². The third kappa shape index (κ3) is 7.22. The Bertz CT molecular complexity index is 1270. The summed E-state index contributed by atoms with van der Waals surface area (Å²) in [5, 5.41) is 2.64. The Morgan fingerprint density at radius 1 is 1.03 bits per heavy atom. The fourth-order valence-electron chi connectivity index (χ4n) is 3.49. The van der Waals surface area contributed by atoms with Crippen LogP contribution in [0, 0.1) is 0 Å². The molecule has 0 saturated heterocycles. The number of hydrogen-bond acceptors (Lipinski definition) is 12. The zero-order valence-electron chi connectivity index (χ0n) is 20.9. The van der Waals surface area contributed by atoms with Crippen LogP contribution in [0.1, 0.15) is 42.7 Å². The van der Waals surface area contributed by atoms with E-state index in [1.807, 2.05) is 11.9 Å². The molecule has 3 aromatic rings. The molecule has 0 aliphatic heterocycles. The first-order valence-electron chi connectivity index (χ1n) is 11.7. The van der Waals surface area contributed by atoms with Crippen LogP contribution >= 0.6 is 0 Å². The van der Waals surface area contributed by atoms with Crippen molar-refractivity contribution < 1.29 is 23.9 Å². The normalized spacial score (nSPS) is 11.5. The van der Waals surface area contributed by atoms with Crippen LogP contribution in [0.15, 0.2) is 30.5 Å². The van der Waals surface area contributed by atoms with E-state index in [2.05, 4.69) is 25.3 Å². The van der Waals surface area contributed by atoms with Crippen LogP contribution in [0.5, 0.6) is 0 Å². The summed E-state index contributed by atoms with van der Waals surface area (Å²) < 4.78 is 9.93. The second kappa shape index (κ2) is 12.4. The molecule has 0 spiro atoms. The zero-order valence-corrected chi connectivity index (χ0v) is 20.9. The number of nitrogens with one attached hydrogen (secondary N) is 1. The first-order chi connectivity index (χ1) is 17.7. The third-order valence-corrected chi connectivity index (χ3v) is 5.29. The van der Waals surface area contributed by atoms with Gasteiger partial charge in [-0.3, -0.25) is 9.59 Å². The lowest BCUT2D eigenvalue weighted by Gasteiger charge is -2.20. The van der Waals surface area contributed by atoms with Crippen LogP contribution < -0.4 is 21.7 Å². The minimum absolute atomic E-state index is 0.0237. The van der Waals surface area contributed by atoms with Crippen LogP contribution in [0.25, 0.3) is 11.2 Å². The van der Waals surface area contributed by atoms with E-state index in [0.29, 0.717) is 29.0 Å². The van der Waals surface area contributed by atoms with E-state index >= 15 is 0 Å². The SMILES string of the molecule is CCOC(=O)CC[C@H](NC(=O)c1ccc(N(C)Cc2cnc3nc(N)nc(N)c3n2)cc1)C(=O)OCC. The lowest BCUT2D eigenvalue weighted by atomic mass is 10.1. The van der Waals surface area contributed by atoms with Crippen molar-refractivity contribution >= 4 is 46.5 Å². The number of ether oxygens (including phenoxy) is 2. The molecule has 0 unspecified atom stereocenters. The number of benzene rings is 1. The standard InChI is InChI=1S/C24H30N8O5/c1-4-36-18(33)11-10-17(23(35)37-5-2)29-22(34)14-6-8-16(9-7-14)32(3)13-15-12-27-21-19(28-15)20(25)30-24(26)31-21/h6-9,12,17H,4-5,10-11,13H2,1-3H3,(H,29,34)(H4,25,26,27,30,31)/t17-/m0/s1. The summed E-state index contributed by atoms with van der Waals surface area (Å²) in [5.74, 6) is -1.35. The van der Waals surface area contributed by atoms with Crippen molar-refractivity contribution in [2.24, 2.45) is 0 Å². The molecule has 0 saturated carbocycles. The average Bonchev–Trinajstić information content (AvgIpc) is 2.87. The molecule has 1 atom stereocenters. The topological polar surface area (TPSA) is 189 Å². The molecular weight excluding hydrogens is 480 g/mol. The number of fused-ring (bicyclic) bond motifs is 1. The van der Waals surface area contributed by atoms with Gasteiger partial charge in [0.15, 0.2) is 17.0 Å². The number of rotatable bonds is 11. The van der Waals surface area contributed by atoms with Crippen LogP contribution in [0.4, 0.5) is 17.5 Å². The molecular formula is C24H30N8O5. The van der Waals surface area contributed by atoms with Gasteiger partial charge in [-0.15, -0.1) is 0 Å². The Morgan fingerprint density at radius 2 is 1.73 bits per heavy atom. The van der Waals surface area contributed by atoms with Gasteiger partial charge in [-0.1, -0.05) is 0 Å². The largest absolute Gasteiger partial charge is 0.466 e. The number of hydrogen-bond donors (Lipinski definition) is 3. The van der Waals surface area contributed by atoms with Gasteiger partial charge in [-0.2, -0.15) is 9.97 Å². The third-order valence-electron chi connectivity index (χ3n) is 5.29. The Morgan fingerprint density at radius 3 is 2.41 bits per heavy atom. The predicted molar refractivity (Wildman–Crippen MR) is 136 cm³/mol. The van der Waals surface area contributed by atoms with Gasteiger partial charge in [0.05, 0.1) is 31.6 Å². The van der Waals surface area contributed by atoms with Crippen molar-refractivity contribution in [3.8, 4) is 0 Å². The molecule has 5 N–H and O–H groups in total. The Balaban J connectivity index is 1.66. The fraction of sp³-hybridized carbons (Fsp3) is 0.375. The van der Waals surface area contributed by atoms with Gasteiger partial charge in [0.1, 0.15) is 6.04 Å². The number of nitrogen functional groups attached to an aromatic ring is 2. The molecule has 2 heterocycles. The summed E-state index contributed by atoms with van der Waals surface area (Å²) >= 11 is 0. The Kier molecular flexibility index (Phi) is 9.08. The Labute approximate surface area is 213 Å². The van der Waals surface area contributed by atoms with E-state index in [-0.39, 0.29) is 37.8 Å². The summed E-state index contributed by atoms with van der Waals surface area (Å²) in [5.41, 5.74) is 14.0. The molecule has 0 aliphatic carbocycles. The van der Waals surface area contributed by atoms with Crippen molar-refractivity contribution in [3.05, 3.63) is 41.7 Å². The smallest absolute Gasteiger partial charge is 0.328 e. The molecule has 1 aromatic carbocycles. The quantitative estimate of drug-likeness (QED) is 0.313. The van der Waals surface area contributed by atoms with Gasteiger partial charge >= 0.3 is 11.9 Å². The minimum Gasteiger partial charge on any atom is -0.466 e. The van der Waals surface area contributed by atoms with Crippen molar-refractivity contribution in [2.75, 3.05) is 36.6 Å². The monoisotopic (exact) mass is 510 g/mol. The Hall–Kier alpha value is -4.55. The summed E-state index contributed by atoms with van der Waals surface area (Å²) in [6, 6.07) is 5.82. The van der Waals surface area contributed by atoms with Crippen LogP contribution in [0.3, 0.4) is 0 Å². The molecule has 0 bridgehead atoms. The maximum absolute atomic E-state index is 12.8. The predicted octanol–water partition coefficient (Wildman–Crippen LogP) is 1.23. The van der Waals surface area contributed by atoms with Gasteiger partial charge in [0.25, 0.3) is 5.91 Å². The minimum atomic E-state index is -0.975. The first kappa shape index (κ1) is 27.0. The van der Waals surface area contributed by atoms with Gasteiger partial charge in [0, 0.05) is 24.7 Å². The number of amides is 1. The summed E-state index contributed by atoms with van der Waals surface area (Å²) in [6.07, 6.45) is 1.63. The van der Waals surface area contributed by atoms with Crippen molar-refractivity contribution in [3.63, 3.8) is 0 Å². The lowest BCUT2D eigenvalue weighted by molar-refractivity contribution is -0.146. The van der Waals surface area contributed by atoms with E-state index in [1.165, 1.54) is 0 Å². The first-order valence-corrected chi connectivity index (χ1v) is 11.7. The second-order valence-electron chi connectivity index (χ2n) is 8.03. The molecule has 3 rings (SSSR count). The van der Waals surface area contributed by atoms with Crippen molar-refractivity contribution in [1.29, 1.82) is 0 Å². The molecule has 37 heavy (non-hydrogen) atoms. The maximum atomic E-state index is 12.8. The number of nitrogens with zero attached hydrogens (tertiary/aromatic N) is 5. The van der Waals surface area contributed by atoms with Crippen molar-refractivity contribution in [2.45, 2.75) is 39.3 Å². The lowest BCUT2D eigenvalue weighted by Crippen LogP contribution is -2.42. The second-order valence-corrected chi connectivity index (χ2v) is 8.03. The number of anilines is 3. The van der Waals surface area contributed by atoms with Gasteiger partial charge < -0.3 is 31.2 Å². The molecule has 13 heteroatoms. The number of nitrogens with two attached hydrogens (primary N) is 2. The van der Waals surface area contributed by atoms with E-state index in [9.17, 15) is 14.4 Å². The fourth-order valence-corrected chi connectivity index (χ4v) is 3.49. The van der Waals surface area contributed by atoms with E-state index in [4.69, 9.17) is 20.9 Å². The molecule has 2 aromatic heterocycles. The van der Waals surface area contributed by atoms with Crippen LogP contribution in [-0.2, 0) is 25.6 Å². The van der Waals surface area contributed by atoms with Gasteiger partial charge in [-0.25, -0.2) is 14.8 Å².